The van der Waals surface area contributed by atoms with Gasteiger partial charge >= 0.3 is 0 Å². The van der Waals surface area contributed by atoms with Gasteiger partial charge in [-0.05, 0) is 45.7 Å². The van der Waals surface area contributed by atoms with Crippen molar-refractivity contribution in [2.75, 3.05) is 6.54 Å². The monoisotopic (exact) mass is 205 g/mol. The normalized spacial score (nSPS) is 21.7. The van der Waals surface area contributed by atoms with Gasteiger partial charge in [-0.15, -0.1) is 0 Å². The molecule has 15 heavy (non-hydrogen) atoms. The van der Waals surface area contributed by atoms with Gasteiger partial charge in [0, 0.05) is 11.4 Å². The Morgan fingerprint density at radius 1 is 1.07 bits per heavy atom. The number of nitrogens with zero attached hydrogens (tertiary/aromatic N) is 2. The number of hydrogen-bond acceptors (Lipinski definition) is 3. The molecular formula is C12H19N3. The van der Waals surface area contributed by atoms with Crippen LogP contribution in [0.5, 0.6) is 0 Å². The van der Waals surface area contributed by atoms with Crippen molar-refractivity contribution in [3.05, 3.63) is 22.8 Å². The molecule has 0 saturated carbocycles. The zero-order valence-electron chi connectivity index (χ0n) is 9.80. The molecule has 1 aliphatic rings. The fraction of sp³-hybridized carbons (Fsp3) is 0.667. The third-order valence-corrected chi connectivity index (χ3v) is 3.27. The number of nitrogens with one attached hydrogen (secondary N) is 1. The molecule has 1 saturated heterocycles. The first-order valence-corrected chi connectivity index (χ1v) is 5.73. The fourth-order valence-electron chi connectivity index (χ4n) is 2.03. The molecule has 1 fully saturated rings. The average Bonchev–Trinajstić information content (AvgIpc) is 2.26. The fourth-order valence-corrected chi connectivity index (χ4v) is 2.03. The summed E-state index contributed by atoms with van der Waals surface area (Å²) in [6, 6.07) is 0.372. The van der Waals surface area contributed by atoms with Crippen molar-refractivity contribution in [1.82, 2.24) is 15.3 Å². The molecule has 2 rings (SSSR count). The van der Waals surface area contributed by atoms with Crippen LogP contribution in [0.25, 0.3) is 0 Å². The lowest BCUT2D eigenvalue weighted by molar-refractivity contribution is 0.396. The number of piperidine rings is 1. The molecule has 3 heteroatoms. The highest BCUT2D eigenvalue weighted by atomic mass is 15.0. The third-order valence-electron chi connectivity index (χ3n) is 3.27. The molecule has 0 spiro atoms. The summed E-state index contributed by atoms with van der Waals surface area (Å²) in [4.78, 5) is 9.17. The topological polar surface area (TPSA) is 37.8 Å². The summed E-state index contributed by atoms with van der Waals surface area (Å²) in [5, 5.41) is 3.48. The molecule has 1 atom stereocenters. The van der Waals surface area contributed by atoms with E-state index < -0.39 is 0 Å². The second-order valence-electron chi connectivity index (χ2n) is 4.38. The third kappa shape index (κ3) is 2.17. The van der Waals surface area contributed by atoms with E-state index in [0.717, 1.165) is 23.8 Å². The Balaban J connectivity index is 2.27. The van der Waals surface area contributed by atoms with Crippen molar-refractivity contribution in [2.24, 2.45) is 0 Å². The van der Waals surface area contributed by atoms with Crippen LogP contribution in [0.3, 0.4) is 0 Å². The van der Waals surface area contributed by atoms with E-state index in [0.29, 0.717) is 6.04 Å². The quantitative estimate of drug-likeness (QED) is 0.764. The Morgan fingerprint density at radius 2 is 1.73 bits per heavy atom. The van der Waals surface area contributed by atoms with Crippen LogP contribution in [0.15, 0.2) is 0 Å². The number of aryl methyl sites for hydroxylation is 2. The van der Waals surface area contributed by atoms with Crippen LogP contribution in [0.4, 0.5) is 0 Å². The molecule has 0 radical (unpaired) electrons. The van der Waals surface area contributed by atoms with Gasteiger partial charge in [-0.3, -0.25) is 0 Å². The van der Waals surface area contributed by atoms with Crippen LogP contribution >= 0.6 is 0 Å². The lowest BCUT2D eigenvalue weighted by Crippen LogP contribution is -2.28. The second-order valence-corrected chi connectivity index (χ2v) is 4.38. The van der Waals surface area contributed by atoms with Gasteiger partial charge in [0.2, 0.25) is 0 Å². The molecule has 1 unspecified atom stereocenters. The molecule has 82 valence electrons. The van der Waals surface area contributed by atoms with E-state index in [1.807, 2.05) is 0 Å². The van der Waals surface area contributed by atoms with E-state index in [9.17, 15) is 0 Å². The van der Waals surface area contributed by atoms with E-state index in [1.54, 1.807) is 0 Å². The van der Waals surface area contributed by atoms with Crippen LogP contribution in [0.2, 0.25) is 0 Å². The Kier molecular flexibility index (Phi) is 3.00. The minimum Gasteiger partial charge on any atom is -0.307 e. The van der Waals surface area contributed by atoms with E-state index in [2.05, 4.69) is 36.1 Å². The summed E-state index contributed by atoms with van der Waals surface area (Å²) in [7, 11) is 0. The SMILES string of the molecule is Cc1nc(C2CCCCN2)nc(C)c1C. The molecule has 1 aromatic heterocycles. The van der Waals surface area contributed by atoms with Crippen molar-refractivity contribution in [3.8, 4) is 0 Å². The maximum Gasteiger partial charge on any atom is 0.145 e. The first-order chi connectivity index (χ1) is 7.18. The Morgan fingerprint density at radius 3 is 2.27 bits per heavy atom. The van der Waals surface area contributed by atoms with Gasteiger partial charge in [0.25, 0.3) is 0 Å². The minimum absolute atomic E-state index is 0.372. The summed E-state index contributed by atoms with van der Waals surface area (Å²) < 4.78 is 0. The lowest BCUT2D eigenvalue weighted by Gasteiger charge is -2.23. The first kappa shape index (κ1) is 10.6. The highest BCUT2D eigenvalue weighted by molar-refractivity contribution is 5.23. The molecule has 0 aliphatic carbocycles. The van der Waals surface area contributed by atoms with Gasteiger partial charge in [-0.25, -0.2) is 9.97 Å². The zero-order chi connectivity index (χ0) is 10.8. The second kappa shape index (κ2) is 4.27. The predicted octanol–water partition coefficient (Wildman–Crippen LogP) is 2.22. The Hall–Kier alpha value is -0.960. The maximum absolute atomic E-state index is 4.58. The van der Waals surface area contributed by atoms with E-state index in [1.165, 1.54) is 24.8 Å². The highest BCUT2D eigenvalue weighted by Gasteiger charge is 2.18. The standard InChI is InChI=1S/C12H19N3/c1-8-9(2)14-12(15-10(8)3)11-6-4-5-7-13-11/h11,13H,4-7H2,1-3H3. The van der Waals surface area contributed by atoms with Gasteiger partial charge < -0.3 is 5.32 Å². The summed E-state index contributed by atoms with van der Waals surface area (Å²) in [5.41, 5.74) is 3.45. The molecule has 1 N–H and O–H groups in total. The van der Waals surface area contributed by atoms with Crippen molar-refractivity contribution in [1.29, 1.82) is 0 Å². The van der Waals surface area contributed by atoms with Gasteiger partial charge in [0.05, 0.1) is 6.04 Å². The van der Waals surface area contributed by atoms with Crippen LogP contribution in [0, 0.1) is 20.8 Å². The largest absolute Gasteiger partial charge is 0.307 e. The van der Waals surface area contributed by atoms with Gasteiger partial charge in [-0.2, -0.15) is 0 Å². The zero-order valence-corrected chi connectivity index (χ0v) is 9.80. The average molecular weight is 205 g/mol. The van der Waals surface area contributed by atoms with Crippen molar-refractivity contribution < 1.29 is 0 Å². The summed E-state index contributed by atoms with van der Waals surface area (Å²) in [6.45, 7) is 7.31. The van der Waals surface area contributed by atoms with Gasteiger partial charge in [-0.1, -0.05) is 6.42 Å². The molecule has 1 aliphatic heterocycles. The Labute approximate surface area is 91.3 Å². The van der Waals surface area contributed by atoms with E-state index in [-0.39, 0.29) is 0 Å². The van der Waals surface area contributed by atoms with Crippen LogP contribution in [0.1, 0.15) is 48.1 Å². The molecular weight excluding hydrogens is 186 g/mol. The summed E-state index contributed by atoms with van der Waals surface area (Å²) >= 11 is 0. The van der Waals surface area contributed by atoms with E-state index >= 15 is 0 Å². The molecule has 0 aromatic carbocycles. The van der Waals surface area contributed by atoms with Gasteiger partial charge in [0.1, 0.15) is 5.82 Å². The predicted molar refractivity (Wildman–Crippen MR) is 60.8 cm³/mol. The van der Waals surface area contributed by atoms with Crippen molar-refractivity contribution in [3.63, 3.8) is 0 Å². The van der Waals surface area contributed by atoms with Crippen LogP contribution in [-0.2, 0) is 0 Å². The summed E-state index contributed by atoms with van der Waals surface area (Å²) in [5.74, 6) is 0.982. The number of rotatable bonds is 1. The Bertz CT molecular complexity index is 331. The lowest BCUT2D eigenvalue weighted by atomic mass is 10.0. The highest BCUT2D eigenvalue weighted by Crippen LogP contribution is 2.21. The number of hydrogen-bond donors (Lipinski definition) is 1. The molecule has 2 heterocycles. The molecule has 3 nitrogen and oxygen atoms in total. The van der Waals surface area contributed by atoms with Crippen molar-refractivity contribution >= 4 is 0 Å². The first-order valence-electron chi connectivity index (χ1n) is 5.73. The number of aromatic nitrogens is 2. The van der Waals surface area contributed by atoms with Gasteiger partial charge in [0.15, 0.2) is 0 Å². The summed E-state index contributed by atoms with van der Waals surface area (Å²) in [6.07, 6.45) is 3.73. The molecule has 0 amide bonds. The molecule has 1 aromatic rings. The van der Waals surface area contributed by atoms with Crippen LogP contribution < -0.4 is 5.32 Å². The minimum atomic E-state index is 0.372. The molecule has 0 bridgehead atoms. The van der Waals surface area contributed by atoms with E-state index in [4.69, 9.17) is 0 Å². The smallest absolute Gasteiger partial charge is 0.145 e. The maximum atomic E-state index is 4.58. The van der Waals surface area contributed by atoms with Crippen LogP contribution in [-0.4, -0.2) is 16.5 Å². The van der Waals surface area contributed by atoms with Crippen molar-refractivity contribution in [2.45, 2.75) is 46.1 Å².